The van der Waals surface area contributed by atoms with Crippen LogP contribution in [0, 0.1) is 0 Å². The van der Waals surface area contributed by atoms with E-state index in [0.717, 1.165) is 0 Å². The first-order chi connectivity index (χ1) is 10.6. The van der Waals surface area contributed by atoms with Gasteiger partial charge in [0.1, 0.15) is 12.1 Å². The number of tetrazole rings is 1. The van der Waals surface area contributed by atoms with Crippen LogP contribution in [0.3, 0.4) is 0 Å². The maximum absolute atomic E-state index is 12.5. The number of ether oxygens (including phenoxy) is 1. The molecular formula is C13H17ClN6O2. The Kier molecular flexibility index (Phi) is 5.29. The van der Waals surface area contributed by atoms with Gasteiger partial charge in [0.05, 0.1) is 23.4 Å². The number of nitrogens with zero attached hydrogens (tertiary/aromatic N) is 5. The van der Waals surface area contributed by atoms with Crippen LogP contribution in [-0.2, 0) is 0 Å². The summed E-state index contributed by atoms with van der Waals surface area (Å²) in [6.07, 6.45) is 1.42. The van der Waals surface area contributed by atoms with Gasteiger partial charge >= 0.3 is 0 Å². The van der Waals surface area contributed by atoms with Crippen LogP contribution in [0.5, 0.6) is 5.75 Å². The zero-order chi connectivity index (χ0) is 16.1. The molecule has 0 bridgehead atoms. The van der Waals surface area contributed by atoms with Crippen molar-refractivity contribution in [2.45, 2.75) is 0 Å². The number of methoxy groups -OCH3 is 1. The molecule has 2 aromatic rings. The number of carbonyl (C=O) groups is 1. The topological polar surface area (TPSA) is 85.2 Å². The summed E-state index contributed by atoms with van der Waals surface area (Å²) in [5.74, 6) is 0.244. The third kappa shape index (κ3) is 3.34. The molecule has 22 heavy (non-hydrogen) atoms. The Morgan fingerprint density at radius 1 is 1.50 bits per heavy atom. The summed E-state index contributed by atoms with van der Waals surface area (Å²) in [4.78, 5) is 14.1. The first kappa shape index (κ1) is 16.2. The number of rotatable bonds is 6. The Bertz CT molecular complexity index is 646. The molecule has 0 unspecified atom stereocenters. The first-order valence-electron chi connectivity index (χ1n) is 6.59. The van der Waals surface area contributed by atoms with E-state index in [2.05, 4.69) is 20.8 Å². The number of hydrogen-bond donors (Lipinski definition) is 1. The van der Waals surface area contributed by atoms with Gasteiger partial charge in [-0.2, -0.15) is 4.68 Å². The lowest BCUT2D eigenvalue weighted by Gasteiger charge is -2.19. The van der Waals surface area contributed by atoms with Crippen LogP contribution in [0.25, 0.3) is 5.69 Å². The van der Waals surface area contributed by atoms with Crippen LogP contribution in [0.15, 0.2) is 18.5 Å². The van der Waals surface area contributed by atoms with E-state index in [1.165, 1.54) is 18.1 Å². The lowest BCUT2D eigenvalue weighted by molar-refractivity contribution is 0.0793. The van der Waals surface area contributed by atoms with Crippen molar-refractivity contribution in [1.82, 2.24) is 30.4 Å². The molecule has 0 aliphatic rings. The van der Waals surface area contributed by atoms with E-state index in [-0.39, 0.29) is 5.91 Å². The molecule has 9 heteroatoms. The standard InChI is InChI=1S/C13H17ClN6O2/c1-15-4-5-19(2)13(21)9-6-10(14)11(7-12(9)22-3)20-8-16-17-18-20/h6-8,15H,4-5H2,1-3H3. The van der Waals surface area contributed by atoms with Gasteiger partial charge in [-0.1, -0.05) is 11.6 Å². The van der Waals surface area contributed by atoms with Crippen molar-refractivity contribution in [2.75, 3.05) is 34.3 Å². The Hall–Kier alpha value is -2.19. The van der Waals surface area contributed by atoms with Crippen molar-refractivity contribution >= 4 is 17.5 Å². The predicted octanol–water partition coefficient (Wildman–Crippen LogP) is 0.616. The number of nitrogens with one attached hydrogen (secondary N) is 1. The Balaban J connectivity index is 2.36. The number of hydrogen-bond acceptors (Lipinski definition) is 6. The van der Waals surface area contributed by atoms with Crippen LogP contribution in [0.2, 0.25) is 5.02 Å². The van der Waals surface area contributed by atoms with E-state index in [4.69, 9.17) is 16.3 Å². The monoisotopic (exact) mass is 324 g/mol. The number of carbonyl (C=O) groups excluding carboxylic acids is 1. The highest BCUT2D eigenvalue weighted by Gasteiger charge is 2.20. The number of halogens is 1. The predicted molar refractivity (Wildman–Crippen MR) is 81.6 cm³/mol. The molecular weight excluding hydrogens is 308 g/mol. The third-order valence-electron chi connectivity index (χ3n) is 3.14. The second kappa shape index (κ2) is 7.19. The fraction of sp³-hybridized carbons (Fsp3) is 0.385. The van der Waals surface area contributed by atoms with Gasteiger partial charge in [-0.05, 0) is 23.5 Å². The molecule has 0 saturated heterocycles. The Morgan fingerprint density at radius 3 is 2.86 bits per heavy atom. The van der Waals surface area contributed by atoms with Crippen molar-refractivity contribution in [3.63, 3.8) is 0 Å². The van der Waals surface area contributed by atoms with Crippen LogP contribution < -0.4 is 10.1 Å². The van der Waals surface area contributed by atoms with Crippen LogP contribution >= 0.6 is 11.6 Å². The molecule has 0 radical (unpaired) electrons. The molecule has 1 N–H and O–H groups in total. The smallest absolute Gasteiger partial charge is 0.257 e. The highest BCUT2D eigenvalue weighted by Crippen LogP contribution is 2.29. The molecule has 0 atom stereocenters. The summed E-state index contributed by atoms with van der Waals surface area (Å²) >= 11 is 6.25. The molecule has 0 aliphatic carbocycles. The third-order valence-corrected chi connectivity index (χ3v) is 3.44. The molecule has 2 rings (SSSR count). The van der Waals surface area contributed by atoms with Gasteiger partial charge in [0.15, 0.2) is 0 Å². The summed E-state index contributed by atoms with van der Waals surface area (Å²) in [6.45, 7) is 1.27. The van der Waals surface area contributed by atoms with E-state index in [1.54, 1.807) is 24.1 Å². The lowest BCUT2D eigenvalue weighted by atomic mass is 10.1. The van der Waals surface area contributed by atoms with Crippen molar-refractivity contribution < 1.29 is 9.53 Å². The molecule has 118 valence electrons. The average Bonchev–Trinajstić information content (AvgIpc) is 3.05. The van der Waals surface area contributed by atoms with E-state index in [0.29, 0.717) is 35.1 Å². The zero-order valence-electron chi connectivity index (χ0n) is 12.6. The average molecular weight is 325 g/mol. The maximum Gasteiger partial charge on any atom is 0.257 e. The second-order valence-corrected chi connectivity index (χ2v) is 5.00. The maximum atomic E-state index is 12.5. The summed E-state index contributed by atoms with van der Waals surface area (Å²) in [5, 5.41) is 14.3. The SMILES string of the molecule is CNCCN(C)C(=O)c1cc(Cl)c(-n2cnnn2)cc1OC. The fourth-order valence-electron chi connectivity index (χ4n) is 1.91. The number of benzene rings is 1. The highest BCUT2D eigenvalue weighted by atomic mass is 35.5. The van der Waals surface area contributed by atoms with Gasteiger partial charge in [-0.3, -0.25) is 4.79 Å². The normalized spacial score (nSPS) is 10.5. The fourth-order valence-corrected chi connectivity index (χ4v) is 2.16. The number of amides is 1. The second-order valence-electron chi connectivity index (χ2n) is 4.59. The van der Waals surface area contributed by atoms with E-state index in [9.17, 15) is 4.79 Å². The van der Waals surface area contributed by atoms with Gasteiger partial charge in [0.2, 0.25) is 0 Å². The summed E-state index contributed by atoms with van der Waals surface area (Å²) < 4.78 is 6.72. The van der Waals surface area contributed by atoms with Crippen molar-refractivity contribution in [3.8, 4) is 11.4 Å². The zero-order valence-corrected chi connectivity index (χ0v) is 13.3. The van der Waals surface area contributed by atoms with Crippen LogP contribution in [0.4, 0.5) is 0 Å². The van der Waals surface area contributed by atoms with Crippen molar-refractivity contribution in [2.24, 2.45) is 0 Å². The molecule has 0 aliphatic heterocycles. The molecule has 1 aromatic carbocycles. The minimum atomic E-state index is -0.169. The molecule has 0 saturated carbocycles. The van der Waals surface area contributed by atoms with Crippen LogP contribution in [0.1, 0.15) is 10.4 Å². The van der Waals surface area contributed by atoms with Gasteiger partial charge in [0.25, 0.3) is 5.91 Å². The van der Waals surface area contributed by atoms with Gasteiger partial charge < -0.3 is 15.0 Å². The van der Waals surface area contributed by atoms with Gasteiger partial charge in [-0.25, -0.2) is 0 Å². The van der Waals surface area contributed by atoms with E-state index in [1.807, 2.05) is 7.05 Å². The molecule has 8 nitrogen and oxygen atoms in total. The molecule has 0 fully saturated rings. The summed E-state index contributed by atoms with van der Waals surface area (Å²) in [7, 11) is 5.05. The Morgan fingerprint density at radius 2 is 2.27 bits per heavy atom. The van der Waals surface area contributed by atoms with E-state index < -0.39 is 0 Å². The quantitative estimate of drug-likeness (QED) is 0.838. The first-order valence-corrected chi connectivity index (χ1v) is 6.97. The molecule has 1 aromatic heterocycles. The lowest BCUT2D eigenvalue weighted by Crippen LogP contribution is -2.33. The number of likely N-dealkylation sites (N-methyl/N-ethyl adjacent to an activating group) is 2. The molecule has 1 amide bonds. The van der Waals surface area contributed by atoms with Crippen molar-refractivity contribution in [1.29, 1.82) is 0 Å². The molecule has 1 heterocycles. The van der Waals surface area contributed by atoms with Gasteiger partial charge in [0, 0.05) is 26.2 Å². The molecule has 0 spiro atoms. The largest absolute Gasteiger partial charge is 0.496 e. The van der Waals surface area contributed by atoms with Gasteiger partial charge in [-0.15, -0.1) is 5.10 Å². The van der Waals surface area contributed by atoms with Crippen LogP contribution in [-0.4, -0.2) is 65.3 Å². The van der Waals surface area contributed by atoms with E-state index >= 15 is 0 Å². The van der Waals surface area contributed by atoms with Crippen molar-refractivity contribution in [3.05, 3.63) is 29.0 Å². The summed E-state index contributed by atoms with van der Waals surface area (Å²) in [5.41, 5.74) is 0.931. The minimum Gasteiger partial charge on any atom is -0.496 e. The summed E-state index contributed by atoms with van der Waals surface area (Å²) in [6, 6.07) is 3.20. The Labute approximate surface area is 133 Å². The highest BCUT2D eigenvalue weighted by molar-refractivity contribution is 6.33. The number of aromatic nitrogens is 4. The minimum absolute atomic E-state index is 0.169.